The van der Waals surface area contributed by atoms with Crippen molar-refractivity contribution in [2.45, 2.75) is 71.5 Å². The van der Waals surface area contributed by atoms with E-state index in [1.807, 2.05) is 27.7 Å². The van der Waals surface area contributed by atoms with E-state index in [2.05, 4.69) is 6.92 Å². The molecule has 0 saturated carbocycles. The monoisotopic (exact) mass is 362 g/mol. The lowest BCUT2D eigenvalue weighted by Crippen LogP contribution is -2.57. The number of para-hydroxylation sites is 1. The van der Waals surface area contributed by atoms with Crippen molar-refractivity contribution in [3.05, 3.63) is 29.8 Å². The van der Waals surface area contributed by atoms with E-state index in [0.29, 0.717) is 17.7 Å². The zero-order valence-corrected chi connectivity index (χ0v) is 16.3. The van der Waals surface area contributed by atoms with Crippen LogP contribution in [0.3, 0.4) is 0 Å². The predicted molar refractivity (Wildman–Crippen MR) is 101 cm³/mol. The molecule has 1 amide bonds. The van der Waals surface area contributed by atoms with Crippen molar-refractivity contribution in [3.63, 3.8) is 0 Å². The topological polar surface area (TPSA) is 81.1 Å². The first kappa shape index (κ1) is 20.2. The van der Waals surface area contributed by atoms with Gasteiger partial charge in [-0.3, -0.25) is 10.0 Å². The van der Waals surface area contributed by atoms with Crippen LogP contribution in [0.4, 0.5) is 10.5 Å². The molecule has 0 aliphatic carbocycles. The molecule has 3 atom stereocenters. The van der Waals surface area contributed by atoms with Crippen molar-refractivity contribution >= 4 is 17.6 Å². The normalized spacial score (nSPS) is 19.2. The number of carboxylic acid groups (broad SMARTS) is 1. The van der Waals surface area contributed by atoms with Crippen LogP contribution in [0.25, 0.3) is 0 Å². The number of carbonyl (C=O) groups excluding carboxylic acids is 1. The Labute approximate surface area is 155 Å². The Morgan fingerprint density at radius 1 is 1.31 bits per heavy atom. The number of ketones is 1. The van der Waals surface area contributed by atoms with Crippen LogP contribution in [0, 0.1) is 5.92 Å². The lowest BCUT2D eigenvalue weighted by molar-refractivity contribution is 0.0367. The number of rotatable bonds is 6. The molecule has 0 fully saturated rings. The molecule has 6 nitrogen and oxygen atoms in total. The lowest BCUT2D eigenvalue weighted by Gasteiger charge is -2.43. The minimum absolute atomic E-state index is 0.143. The number of amides is 1. The van der Waals surface area contributed by atoms with Crippen molar-refractivity contribution in [3.8, 4) is 0 Å². The van der Waals surface area contributed by atoms with Crippen molar-refractivity contribution < 1.29 is 19.9 Å². The fourth-order valence-electron chi connectivity index (χ4n) is 4.04. The summed E-state index contributed by atoms with van der Waals surface area (Å²) in [6.07, 6.45) is 1.45. The van der Waals surface area contributed by atoms with Crippen LogP contribution in [0.15, 0.2) is 24.3 Å². The Balaban J connectivity index is 2.42. The van der Waals surface area contributed by atoms with Crippen LogP contribution in [-0.2, 0) is 0 Å². The molecule has 2 N–H and O–H groups in total. The van der Waals surface area contributed by atoms with E-state index < -0.39 is 23.7 Å². The van der Waals surface area contributed by atoms with Crippen molar-refractivity contribution in [1.29, 1.82) is 0 Å². The van der Waals surface area contributed by atoms with E-state index >= 15 is 0 Å². The van der Waals surface area contributed by atoms with Gasteiger partial charge in [0.15, 0.2) is 5.78 Å². The second-order valence-corrected chi connectivity index (χ2v) is 8.04. The molecular weight excluding hydrogens is 332 g/mol. The minimum Gasteiger partial charge on any atom is -0.465 e. The summed E-state index contributed by atoms with van der Waals surface area (Å²) >= 11 is 0. The molecule has 0 saturated heterocycles. The fourth-order valence-corrected chi connectivity index (χ4v) is 4.04. The summed E-state index contributed by atoms with van der Waals surface area (Å²) in [5.41, 5.74) is 0.380. The highest BCUT2D eigenvalue weighted by Crippen LogP contribution is 2.38. The number of carbonyl (C=O) groups is 2. The summed E-state index contributed by atoms with van der Waals surface area (Å²) in [5.74, 6) is -0.453. The van der Waals surface area contributed by atoms with Gasteiger partial charge in [-0.15, -0.1) is 0 Å². The highest BCUT2D eigenvalue weighted by molar-refractivity contribution is 6.10. The molecule has 2 rings (SSSR count). The molecule has 1 aliphatic rings. The van der Waals surface area contributed by atoms with Crippen LogP contribution in [0.1, 0.15) is 64.2 Å². The van der Waals surface area contributed by atoms with Gasteiger partial charge in [0.2, 0.25) is 0 Å². The molecule has 0 bridgehead atoms. The van der Waals surface area contributed by atoms with E-state index in [1.54, 1.807) is 24.3 Å². The molecule has 1 aromatic carbocycles. The number of fused-ring (bicyclic) bond motifs is 1. The number of Topliss-reactive ketones (excluding diaryl/α,β-unsaturated/α-hetero) is 1. The van der Waals surface area contributed by atoms with E-state index in [1.165, 1.54) is 4.90 Å². The largest absolute Gasteiger partial charge is 0.465 e. The van der Waals surface area contributed by atoms with Gasteiger partial charge in [0, 0.05) is 23.1 Å². The highest BCUT2D eigenvalue weighted by Gasteiger charge is 2.46. The van der Waals surface area contributed by atoms with Crippen molar-refractivity contribution in [2.75, 3.05) is 5.06 Å². The average molecular weight is 362 g/mol. The van der Waals surface area contributed by atoms with E-state index in [9.17, 15) is 19.9 Å². The molecule has 0 spiro atoms. The van der Waals surface area contributed by atoms with Gasteiger partial charge >= 0.3 is 6.09 Å². The maximum Gasteiger partial charge on any atom is 0.407 e. The third-order valence-corrected chi connectivity index (χ3v) is 5.20. The summed E-state index contributed by atoms with van der Waals surface area (Å²) in [6.45, 7) is 9.43. The predicted octanol–water partition coefficient (Wildman–Crippen LogP) is 4.42. The number of hydrogen-bond donors (Lipinski definition) is 2. The molecule has 6 heteroatoms. The summed E-state index contributed by atoms with van der Waals surface area (Å²) in [7, 11) is 0. The third-order valence-electron chi connectivity index (χ3n) is 5.20. The maximum absolute atomic E-state index is 13.0. The molecule has 144 valence electrons. The Hall–Kier alpha value is -2.08. The lowest BCUT2D eigenvalue weighted by atomic mass is 9.83. The second kappa shape index (κ2) is 7.66. The van der Waals surface area contributed by atoms with Gasteiger partial charge in [-0.1, -0.05) is 31.9 Å². The number of hydroxylamine groups is 1. The van der Waals surface area contributed by atoms with Crippen LogP contribution in [0.2, 0.25) is 0 Å². The highest BCUT2D eigenvalue weighted by atomic mass is 16.5. The summed E-state index contributed by atoms with van der Waals surface area (Å²) in [6, 6.07) is 5.79. The summed E-state index contributed by atoms with van der Waals surface area (Å²) < 4.78 is 0. The third kappa shape index (κ3) is 3.70. The first-order valence-corrected chi connectivity index (χ1v) is 9.24. The second-order valence-electron chi connectivity index (χ2n) is 8.04. The molecule has 0 radical (unpaired) electrons. The zero-order chi connectivity index (χ0) is 19.6. The Morgan fingerprint density at radius 3 is 2.42 bits per heavy atom. The quantitative estimate of drug-likeness (QED) is 0.783. The number of hydrogen-bond acceptors (Lipinski definition) is 4. The molecule has 1 heterocycles. The zero-order valence-electron chi connectivity index (χ0n) is 16.3. The molecule has 1 aliphatic heterocycles. The minimum atomic E-state index is -1.01. The standard InChI is InChI=1S/C20H30N2O4/c1-6-7-10-14(13(2)21(19(24)25)20(3,4)5)17-18(23)15-11-8-9-12-16(15)22(17)26/h8-9,11-14,17,26H,6-7,10H2,1-5H3,(H,24,25)/t13-,14-,17?/m0/s1. The van der Waals surface area contributed by atoms with Crippen LogP contribution < -0.4 is 5.06 Å². The average Bonchev–Trinajstić information content (AvgIpc) is 2.79. The molecule has 1 aromatic rings. The smallest absolute Gasteiger partial charge is 0.407 e. The first-order valence-electron chi connectivity index (χ1n) is 9.24. The van der Waals surface area contributed by atoms with Gasteiger partial charge in [-0.2, -0.15) is 0 Å². The van der Waals surface area contributed by atoms with Gasteiger partial charge in [-0.25, -0.2) is 9.86 Å². The van der Waals surface area contributed by atoms with E-state index in [4.69, 9.17) is 0 Å². The molecule has 1 unspecified atom stereocenters. The van der Waals surface area contributed by atoms with Crippen molar-refractivity contribution in [2.24, 2.45) is 5.92 Å². The van der Waals surface area contributed by atoms with Crippen molar-refractivity contribution in [1.82, 2.24) is 4.90 Å². The van der Waals surface area contributed by atoms with E-state index in [0.717, 1.165) is 17.9 Å². The molecular formula is C20H30N2O4. The first-order chi connectivity index (χ1) is 12.1. The Kier molecular flexibility index (Phi) is 5.96. The SMILES string of the molecule is CCCC[C@H](C1C(=O)c2ccccc2N1O)[C@H](C)N(C(=O)O)C(C)(C)C. The molecule has 26 heavy (non-hydrogen) atoms. The summed E-state index contributed by atoms with van der Waals surface area (Å²) in [5, 5.41) is 21.5. The number of benzene rings is 1. The Morgan fingerprint density at radius 2 is 1.92 bits per heavy atom. The van der Waals surface area contributed by atoms with Gasteiger partial charge < -0.3 is 10.0 Å². The maximum atomic E-state index is 13.0. The van der Waals surface area contributed by atoms with Gasteiger partial charge in [0.1, 0.15) is 6.04 Å². The fraction of sp³-hybridized carbons (Fsp3) is 0.600. The Bertz CT molecular complexity index is 668. The van der Waals surface area contributed by atoms with E-state index in [-0.39, 0.29) is 11.7 Å². The van der Waals surface area contributed by atoms with Gasteiger partial charge in [0.05, 0.1) is 5.69 Å². The number of nitrogens with zero attached hydrogens (tertiary/aromatic N) is 2. The van der Waals surface area contributed by atoms with Crippen LogP contribution >= 0.6 is 0 Å². The van der Waals surface area contributed by atoms with Crippen LogP contribution in [0.5, 0.6) is 0 Å². The van der Waals surface area contributed by atoms with Gasteiger partial charge in [0.25, 0.3) is 0 Å². The number of anilines is 1. The summed E-state index contributed by atoms with van der Waals surface area (Å²) in [4.78, 5) is 26.3. The molecule has 0 aromatic heterocycles. The number of unbranched alkanes of at least 4 members (excludes halogenated alkanes) is 1. The van der Waals surface area contributed by atoms with Gasteiger partial charge in [-0.05, 0) is 46.2 Å². The van der Waals surface area contributed by atoms with Crippen LogP contribution in [-0.4, -0.2) is 44.7 Å².